The molecule has 0 aromatic heterocycles. The molecule has 2 aromatic carbocycles. The lowest BCUT2D eigenvalue weighted by Crippen LogP contribution is -2.43. The van der Waals surface area contributed by atoms with E-state index in [1.54, 1.807) is 24.9 Å². The van der Waals surface area contributed by atoms with E-state index in [9.17, 15) is 9.00 Å². The number of thioether (sulfide) groups is 1. The molecule has 0 radical (unpaired) electrons. The number of hydrogen-bond donors (Lipinski definition) is 1. The summed E-state index contributed by atoms with van der Waals surface area (Å²) in [6.45, 7) is 3.53. The fourth-order valence-corrected chi connectivity index (χ4v) is 7.69. The zero-order valence-corrected chi connectivity index (χ0v) is 25.0. The van der Waals surface area contributed by atoms with Crippen LogP contribution in [0.3, 0.4) is 0 Å². The van der Waals surface area contributed by atoms with Gasteiger partial charge in [-0.15, -0.1) is 11.8 Å². The van der Waals surface area contributed by atoms with E-state index in [0.717, 1.165) is 54.4 Å². The first kappa shape index (κ1) is 28.5. The monoisotopic (exact) mass is 588 g/mol. The van der Waals surface area contributed by atoms with Crippen molar-refractivity contribution < 1.29 is 18.5 Å². The summed E-state index contributed by atoms with van der Waals surface area (Å²) in [5, 5.41) is 0.741. The molecule has 5 atom stereocenters. The molecule has 2 aliphatic heterocycles. The van der Waals surface area contributed by atoms with Gasteiger partial charge in [0.05, 0.1) is 11.8 Å². The predicted molar refractivity (Wildman–Crippen MR) is 162 cm³/mol. The third kappa shape index (κ3) is 7.02. The summed E-state index contributed by atoms with van der Waals surface area (Å²) in [4.78, 5) is 15.5. The number of rotatable bonds is 1. The van der Waals surface area contributed by atoms with Gasteiger partial charge in [-0.05, 0) is 84.9 Å². The lowest BCUT2D eigenvalue weighted by Gasteiger charge is -2.43. The number of methoxy groups -OCH3 is 1. The Labute approximate surface area is 242 Å². The largest absolute Gasteiger partial charge is 0.481 e. The van der Waals surface area contributed by atoms with Gasteiger partial charge < -0.3 is 14.4 Å². The van der Waals surface area contributed by atoms with Crippen LogP contribution in [-0.2, 0) is 28.3 Å². The Morgan fingerprint density at radius 1 is 1.18 bits per heavy atom. The molecule has 0 N–H and O–H groups in total. The van der Waals surface area contributed by atoms with E-state index in [2.05, 4.69) is 33.5 Å². The van der Waals surface area contributed by atoms with Crippen LogP contribution in [0.5, 0.6) is 5.75 Å². The topological polar surface area (TPSA) is 68.2 Å². The Balaban J connectivity index is 1.60. The number of amides is 1. The van der Waals surface area contributed by atoms with Crippen LogP contribution >= 0.6 is 23.4 Å². The third-order valence-electron chi connectivity index (χ3n) is 8.05. The number of carbonyl (C=O) groups excluding carboxylic acids is 1. The second kappa shape index (κ2) is 13.1. The van der Waals surface area contributed by atoms with Crippen LogP contribution < -0.4 is 9.64 Å². The summed E-state index contributed by atoms with van der Waals surface area (Å²) in [6.07, 6.45) is 8.28. The number of halogens is 1. The van der Waals surface area contributed by atoms with Crippen molar-refractivity contribution in [1.29, 1.82) is 0 Å². The molecule has 0 spiro atoms. The maximum atomic E-state index is 13.1. The molecule has 39 heavy (non-hydrogen) atoms. The van der Waals surface area contributed by atoms with Gasteiger partial charge in [-0.2, -0.15) is 4.36 Å². The first-order valence-electron chi connectivity index (χ1n) is 13.7. The summed E-state index contributed by atoms with van der Waals surface area (Å²) in [7, 11) is -0.209. The lowest BCUT2D eigenvalue weighted by molar-refractivity contribution is 0.0133. The van der Waals surface area contributed by atoms with E-state index in [1.807, 2.05) is 25.1 Å². The fourth-order valence-electron chi connectivity index (χ4n) is 5.72. The SMILES string of the molecule is CO[C@H]1/C=C/C[C@H](C)C/[SH](=O)=N\C(=O)c2ccc3c(c2)N(Cc2ccc(Cl)cc2CCSCO3)C[C@@H]2CC[C@H]21. The minimum atomic E-state index is -1.99. The molecule has 1 aliphatic carbocycles. The third-order valence-corrected chi connectivity index (χ3v) is 10.4. The van der Waals surface area contributed by atoms with Gasteiger partial charge >= 0.3 is 0 Å². The van der Waals surface area contributed by atoms with Crippen LogP contribution in [-0.4, -0.2) is 47.3 Å². The van der Waals surface area contributed by atoms with Gasteiger partial charge in [0.25, 0.3) is 5.91 Å². The highest BCUT2D eigenvalue weighted by molar-refractivity contribution is 7.99. The molecule has 2 bridgehead atoms. The molecule has 2 aromatic rings. The number of ether oxygens (including phenoxy) is 2. The second-order valence-electron chi connectivity index (χ2n) is 10.8. The fraction of sp³-hybridized carbons (Fsp3) is 0.500. The molecule has 9 heteroatoms. The van der Waals surface area contributed by atoms with Gasteiger partial charge in [-0.1, -0.05) is 36.7 Å². The molecular formula is C30H37ClN2O4S2. The molecular weight excluding hydrogens is 552 g/mol. The normalized spacial score (nSPS) is 29.4. The Hall–Kier alpha value is -2.00. The first-order chi connectivity index (χ1) is 18.9. The number of nitrogens with zero attached hydrogens (tertiary/aromatic N) is 2. The maximum Gasteiger partial charge on any atom is 0.284 e. The smallest absolute Gasteiger partial charge is 0.284 e. The predicted octanol–water partition coefficient (Wildman–Crippen LogP) is 6.41. The molecule has 0 saturated heterocycles. The summed E-state index contributed by atoms with van der Waals surface area (Å²) < 4.78 is 29.1. The van der Waals surface area contributed by atoms with Crippen LogP contribution in [0.25, 0.3) is 0 Å². The van der Waals surface area contributed by atoms with Crippen molar-refractivity contribution in [3.8, 4) is 5.75 Å². The number of fused-ring (bicyclic) bond motifs is 3. The molecule has 210 valence electrons. The Morgan fingerprint density at radius 2 is 2.05 bits per heavy atom. The highest BCUT2D eigenvalue weighted by atomic mass is 35.5. The lowest BCUT2D eigenvalue weighted by atomic mass is 9.70. The van der Waals surface area contributed by atoms with Gasteiger partial charge in [-0.25, -0.2) is 0 Å². The minimum absolute atomic E-state index is 0.0392. The van der Waals surface area contributed by atoms with Crippen molar-refractivity contribution in [3.63, 3.8) is 0 Å². The van der Waals surface area contributed by atoms with Gasteiger partial charge in [-0.3, -0.25) is 9.00 Å². The van der Waals surface area contributed by atoms with Crippen molar-refractivity contribution in [1.82, 2.24) is 0 Å². The zero-order valence-electron chi connectivity index (χ0n) is 22.6. The highest BCUT2D eigenvalue weighted by Gasteiger charge is 2.38. The van der Waals surface area contributed by atoms with E-state index in [1.165, 1.54) is 11.1 Å². The van der Waals surface area contributed by atoms with E-state index in [4.69, 9.17) is 21.1 Å². The van der Waals surface area contributed by atoms with E-state index in [0.29, 0.717) is 35.6 Å². The summed E-state index contributed by atoms with van der Waals surface area (Å²) in [5.74, 6) is 3.13. The number of aryl methyl sites for hydroxylation is 1. The number of allylic oxidation sites excluding steroid dienone is 1. The molecule has 3 aliphatic rings. The minimum Gasteiger partial charge on any atom is -0.481 e. The standard InChI is InChI=1S/C30H37ClN2O4S2/c1-20-4-3-5-28(36-2)26-10-7-24(26)17-33-16-23-6-9-25(31)14-21(23)12-13-38-19-37-29-11-8-22(15-27(29)33)30(34)32-39(35)18-20/h3,5-6,8-9,11,14-15,20,24,26,28,39H,4,7,10,12-13,16-19H2,1-2H3/b5-3+/t20-,24-,26+,28-/m0/s1. The molecule has 1 fully saturated rings. The van der Waals surface area contributed by atoms with Gasteiger partial charge in [0, 0.05) is 52.9 Å². The Morgan fingerprint density at radius 3 is 2.85 bits per heavy atom. The quantitative estimate of drug-likeness (QED) is 0.306. The average molecular weight is 589 g/mol. The van der Waals surface area contributed by atoms with Crippen LogP contribution in [0.2, 0.25) is 5.02 Å². The van der Waals surface area contributed by atoms with Gasteiger partial charge in [0.2, 0.25) is 0 Å². The summed E-state index contributed by atoms with van der Waals surface area (Å²) >= 11 is 8.13. The van der Waals surface area contributed by atoms with Crippen molar-refractivity contribution in [3.05, 3.63) is 70.3 Å². The zero-order chi connectivity index (χ0) is 27.4. The van der Waals surface area contributed by atoms with Crippen molar-refractivity contribution in [2.24, 2.45) is 22.1 Å². The first-order valence-corrected chi connectivity index (χ1v) is 16.6. The molecule has 5 rings (SSSR count). The van der Waals surface area contributed by atoms with E-state index in [-0.39, 0.29) is 12.0 Å². The van der Waals surface area contributed by atoms with Crippen molar-refractivity contribution in [2.75, 3.05) is 36.0 Å². The molecule has 2 heterocycles. The van der Waals surface area contributed by atoms with E-state index < -0.39 is 16.5 Å². The molecule has 1 amide bonds. The highest BCUT2D eigenvalue weighted by Crippen LogP contribution is 2.42. The van der Waals surface area contributed by atoms with Crippen LogP contribution in [0.1, 0.15) is 47.7 Å². The number of hydrogen-bond acceptors (Lipinski definition) is 6. The Bertz CT molecular complexity index is 1310. The van der Waals surface area contributed by atoms with Crippen LogP contribution in [0, 0.1) is 17.8 Å². The molecule has 6 nitrogen and oxygen atoms in total. The van der Waals surface area contributed by atoms with Gasteiger partial charge in [0.1, 0.15) is 11.7 Å². The second-order valence-corrected chi connectivity index (χ2v) is 13.6. The number of benzene rings is 2. The number of thiol groups is 1. The van der Waals surface area contributed by atoms with Crippen molar-refractivity contribution >= 4 is 45.6 Å². The number of carbonyl (C=O) groups is 1. The number of anilines is 1. The molecule has 1 saturated carbocycles. The summed E-state index contributed by atoms with van der Waals surface area (Å²) in [5.41, 5.74) is 3.76. The Kier molecular flexibility index (Phi) is 9.59. The van der Waals surface area contributed by atoms with Crippen molar-refractivity contribution in [2.45, 2.75) is 45.3 Å². The van der Waals surface area contributed by atoms with Gasteiger partial charge in [0.15, 0.2) is 0 Å². The molecule has 1 unspecified atom stereocenters. The maximum absolute atomic E-state index is 13.1. The van der Waals surface area contributed by atoms with E-state index >= 15 is 0 Å². The summed E-state index contributed by atoms with van der Waals surface area (Å²) in [6, 6.07) is 11.6. The average Bonchev–Trinajstić information content (AvgIpc) is 2.92. The van der Waals surface area contributed by atoms with Crippen LogP contribution in [0.4, 0.5) is 5.69 Å². The van der Waals surface area contributed by atoms with Crippen LogP contribution in [0.15, 0.2) is 52.9 Å².